The molecule has 3 fully saturated rings. The zero-order chi connectivity index (χ0) is 12.4. The molecule has 0 aromatic rings. The van der Waals surface area contributed by atoms with Crippen LogP contribution >= 0.6 is 0 Å². The van der Waals surface area contributed by atoms with E-state index in [1.807, 2.05) is 0 Å². The molecule has 2 aliphatic carbocycles. The summed E-state index contributed by atoms with van der Waals surface area (Å²) in [4.78, 5) is 5.28. The lowest BCUT2D eigenvalue weighted by molar-refractivity contribution is 0.0205. The van der Waals surface area contributed by atoms with Crippen LogP contribution in [0.25, 0.3) is 0 Å². The van der Waals surface area contributed by atoms with Crippen molar-refractivity contribution in [2.45, 2.75) is 51.0 Å². The van der Waals surface area contributed by atoms with Gasteiger partial charge in [-0.15, -0.1) is 0 Å². The van der Waals surface area contributed by atoms with Crippen molar-refractivity contribution in [2.75, 3.05) is 39.3 Å². The van der Waals surface area contributed by atoms with Gasteiger partial charge in [0, 0.05) is 50.8 Å². The van der Waals surface area contributed by atoms with Gasteiger partial charge in [-0.2, -0.15) is 0 Å². The summed E-state index contributed by atoms with van der Waals surface area (Å²) in [6, 6.07) is 0.925. The van der Waals surface area contributed by atoms with Gasteiger partial charge < -0.3 is 10.0 Å². The molecule has 0 aromatic heterocycles. The van der Waals surface area contributed by atoms with E-state index in [0.717, 1.165) is 12.6 Å². The van der Waals surface area contributed by atoms with Crippen LogP contribution in [0.5, 0.6) is 0 Å². The van der Waals surface area contributed by atoms with E-state index >= 15 is 0 Å². The van der Waals surface area contributed by atoms with E-state index in [1.54, 1.807) is 0 Å². The van der Waals surface area contributed by atoms with E-state index in [-0.39, 0.29) is 5.41 Å². The Labute approximate surface area is 111 Å². The van der Waals surface area contributed by atoms with Crippen LogP contribution in [0.3, 0.4) is 0 Å². The molecule has 3 aliphatic rings. The number of hydrogen-bond donors (Lipinski definition) is 1. The van der Waals surface area contributed by atoms with Crippen LogP contribution in [0.15, 0.2) is 0 Å². The van der Waals surface area contributed by atoms with Gasteiger partial charge in [-0.05, 0) is 25.7 Å². The lowest BCUT2D eigenvalue weighted by Crippen LogP contribution is -2.51. The van der Waals surface area contributed by atoms with Crippen LogP contribution in [-0.4, -0.2) is 60.3 Å². The van der Waals surface area contributed by atoms with Gasteiger partial charge in [0.2, 0.25) is 0 Å². The Kier molecular flexibility index (Phi) is 3.92. The molecule has 3 heteroatoms. The first-order valence-corrected chi connectivity index (χ1v) is 7.89. The van der Waals surface area contributed by atoms with E-state index in [4.69, 9.17) is 0 Å². The van der Waals surface area contributed by atoms with Crippen LogP contribution in [0, 0.1) is 5.41 Å². The van der Waals surface area contributed by atoms with Crippen LogP contribution in [0.4, 0.5) is 0 Å². The van der Waals surface area contributed by atoms with Gasteiger partial charge in [-0.3, -0.25) is 4.90 Å². The molecule has 0 atom stereocenters. The lowest BCUT2D eigenvalue weighted by Gasteiger charge is -2.43. The van der Waals surface area contributed by atoms with Gasteiger partial charge in [-0.25, -0.2) is 0 Å². The molecule has 3 nitrogen and oxygen atoms in total. The van der Waals surface area contributed by atoms with Crippen molar-refractivity contribution in [2.24, 2.45) is 5.41 Å². The second-order valence-electron chi connectivity index (χ2n) is 6.76. The maximum Gasteiger partial charge on any atom is 0.0499 e. The third-order valence-corrected chi connectivity index (χ3v) is 5.28. The summed E-state index contributed by atoms with van der Waals surface area (Å²) in [5, 5.41) is 9.79. The molecule has 1 heterocycles. The molecule has 0 bridgehead atoms. The highest BCUT2D eigenvalue weighted by Crippen LogP contribution is 2.37. The van der Waals surface area contributed by atoms with Crippen molar-refractivity contribution in [3.05, 3.63) is 0 Å². The highest BCUT2D eigenvalue weighted by Gasteiger charge is 2.36. The fourth-order valence-electron chi connectivity index (χ4n) is 3.87. The Morgan fingerprint density at radius 3 is 2.17 bits per heavy atom. The number of rotatable bonds is 4. The first-order valence-electron chi connectivity index (χ1n) is 7.89. The third kappa shape index (κ3) is 2.89. The second-order valence-corrected chi connectivity index (χ2v) is 6.76. The van der Waals surface area contributed by atoms with Crippen molar-refractivity contribution < 1.29 is 5.11 Å². The molecule has 3 rings (SSSR count). The van der Waals surface area contributed by atoms with Gasteiger partial charge in [-0.1, -0.05) is 19.3 Å². The molecular weight excluding hydrogens is 224 g/mol. The Balaban J connectivity index is 1.49. The molecule has 18 heavy (non-hydrogen) atoms. The minimum absolute atomic E-state index is 0.236. The number of piperazine rings is 1. The van der Waals surface area contributed by atoms with Crippen LogP contribution in [-0.2, 0) is 0 Å². The largest absolute Gasteiger partial charge is 0.396 e. The van der Waals surface area contributed by atoms with Gasteiger partial charge in [0.15, 0.2) is 0 Å². The molecule has 1 aliphatic heterocycles. The first kappa shape index (κ1) is 12.9. The van der Waals surface area contributed by atoms with Gasteiger partial charge in [0.1, 0.15) is 0 Å². The molecule has 2 saturated carbocycles. The standard InChI is InChI=1S/C15H28N2O/c18-13-15(6-2-1-3-7-15)12-16-8-10-17(11-9-16)14-4-5-14/h14,18H,1-13H2. The molecule has 0 amide bonds. The van der Waals surface area contributed by atoms with Crippen LogP contribution in [0.1, 0.15) is 44.9 Å². The molecular formula is C15H28N2O. The summed E-state index contributed by atoms with van der Waals surface area (Å²) in [6.07, 6.45) is 9.36. The Morgan fingerprint density at radius 2 is 1.61 bits per heavy atom. The topological polar surface area (TPSA) is 26.7 Å². The maximum atomic E-state index is 9.79. The third-order valence-electron chi connectivity index (χ3n) is 5.28. The summed E-state index contributed by atoms with van der Waals surface area (Å²) in [6.45, 7) is 6.49. The van der Waals surface area contributed by atoms with E-state index in [1.165, 1.54) is 71.1 Å². The minimum Gasteiger partial charge on any atom is -0.396 e. The normalized spacial score (nSPS) is 30.5. The fraction of sp³-hybridized carbons (Fsp3) is 1.00. The Bertz CT molecular complexity index is 264. The molecule has 1 saturated heterocycles. The van der Waals surface area contributed by atoms with Crippen LogP contribution < -0.4 is 0 Å². The number of nitrogens with zero attached hydrogens (tertiary/aromatic N) is 2. The lowest BCUT2D eigenvalue weighted by atomic mass is 9.74. The van der Waals surface area contributed by atoms with Gasteiger partial charge in [0.05, 0.1) is 0 Å². The highest BCUT2D eigenvalue weighted by molar-refractivity contribution is 4.90. The number of hydrogen-bond acceptors (Lipinski definition) is 3. The molecule has 1 N–H and O–H groups in total. The monoisotopic (exact) mass is 252 g/mol. The van der Waals surface area contributed by atoms with E-state index in [2.05, 4.69) is 9.80 Å². The molecule has 0 radical (unpaired) electrons. The van der Waals surface area contributed by atoms with Crippen molar-refractivity contribution in [1.82, 2.24) is 9.80 Å². The second kappa shape index (κ2) is 5.48. The van der Waals surface area contributed by atoms with Crippen molar-refractivity contribution in [1.29, 1.82) is 0 Å². The van der Waals surface area contributed by atoms with Crippen molar-refractivity contribution in [3.63, 3.8) is 0 Å². The van der Waals surface area contributed by atoms with Gasteiger partial charge in [0.25, 0.3) is 0 Å². The maximum absolute atomic E-state index is 9.79. The average Bonchev–Trinajstić information content (AvgIpc) is 3.25. The Morgan fingerprint density at radius 1 is 0.944 bits per heavy atom. The molecule has 104 valence electrons. The quantitative estimate of drug-likeness (QED) is 0.825. The summed E-state index contributed by atoms with van der Waals surface area (Å²) >= 11 is 0. The average molecular weight is 252 g/mol. The number of aliphatic hydroxyl groups excluding tert-OH is 1. The first-order chi connectivity index (χ1) is 8.81. The zero-order valence-electron chi connectivity index (χ0n) is 11.6. The van der Waals surface area contributed by atoms with E-state index in [0.29, 0.717) is 6.61 Å². The number of aliphatic hydroxyl groups is 1. The molecule has 0 unspecified atom stereocenters. The zero-order valence-corrected chi connectivity index (χ0v) is 11.6. The SMILES string of the molecule is OCC1(CN2CCN(C3CC3)CC2)CCCCC1. The smallest absolute Gasteiger partial charge is 0.0499 e. The predicted molar refractivity (Wildman–Crippen MR) is 73.6 cm³/mol. The minimum atomic E-state index is 0.236. The summed E-state index contributed by atoms with van der Waals surface area (Å²) in [5.74, 6) is 0. The van der Waals surface area contributed by atoms with Gasteiger partial charge >= 0.3 is 0 Å². The van der Waals surface area contributed by atoms with Crippen molar-refractivity contribution >= 4 is 0 Å². The van der Waals surface area contributed by atoms with E-state index < -0.39 is 0 Å². The van der Waals surface area contributed by atoms with Crippen LogP contribution in [0.2, 0.25) is 0 Å². The molecule has 0 spiro atoms. The van der Waals surface area contributed by atoms with Crippen molar-refractivity contribution in [3.8, 4) is 0 Å². The highest BCUT2D eigenvalue weighted by atomic mass is 16.3. The summed E-state index contributed by atoms with van der Waals surface area (Å²) in [7, 11) is 0. The molecule has 0 aromatic carbocycles. The summed E-state index contributed by atoms with van der Waals surface area (Å²) in [5.41, 5.74) is 0.236. The Hall–Kier alpha value is -0.120. The predicted octanol–water partition coefficient (Wildman–Crippen LogP) is 1.71. The summed E-state index contributed by atoms with van der Waals surface area (Å²) < 4.78 is 0. The fourth-order valence-corrected chi connectivity index (χ4v) is 3.87. The van der Waals surface area contributed by atoms with E-state index in [9.17, 15) is 5.11 Å².